The van der Waals surface area contributed by atoms with Crippen molar-refractivity contribution in [2.24, 2.45) is 0 Å². The molecule has 0 heterocycles. The first kappa shape index (κ1) is 10.0. The number of carbonyl (C=O) groups excluding carboxylic acids is 1. The monoisotopic (exact) mass is 266 g/mol. The normalized spacial score (nSPS) is 9.92. The Kier molecular flexibility index (Phi) is 3.56. The lowest BCUT2D eigenvalue weighted by Crippen LogP contribution is -2.00. The number of hydrogen-bond acceptors (Lipinski definition) is 1. The summed E-state index contributed by atoms with van der Waals surface area (Å²) in [6.45, 7) is 0. The summed E-state index contributed by atoms with van der Waals surface area (Å²) in [4.78, 5) is 11.1. The highest BCUT2D eigenvalue weighted by atomic mass is 79.9. The van der Waals surface area contributed by atoms with Crippen molar-refractivity contribution in [3.8, 4) is 0 Å². The third-order valence-corrected chi connectivity index (χ3v) is 2.91. The van der Waals surface area contributed by atoms with Gasteiger partial charge in [-0.1, -0.05) is 17.7 Å². The first-order valence-corrected chi connectivity index (χ1v) is 4.90. The van der Waals surface area contributed by atoms with E-state index in [4.69, 9.17) is 23.2 Å². The fourth-order valence-electron chi connectivity index (χ4n) is 0.791. The fourth-order valence-corrected chi connectivity index (χ4v) is 1.53. The molecule has 0 aliphatic carbocycles. The largest absolute Gasteiger partial charge is 0.293 e. The number of alkyl halides is 1. The Bertz CT molecular complexity index is 312. The van der Waals surface area contributed by atoms with Gasteiger partial charge in [0.2, 0.25) is 0 Å². The van der Waals surface area contributed by atoms with Crippen LogP contribution in [-0.2, 0) is 0 Å². The molecule has 0 atom stereocenters. The number of carbonyl (C=O) groups is 1. The summed E-state index contributed by atoms with van der Waals surface area (Å²) in [5.41, 5.74) is 0.459. The maximum absolute atomic E-state index is 11.1. The van der Waals surface area contributed by atoms with Crippen molar-refractivity contribution in [3.05, 3.63) is 33.3 Å². The molecule has 1 aromatic carbocycles. The van der Waals surface area contributed by atoms with E-state index in [1.54, 1.807) is 18.2 Å². The van der Waals surface area contributed by atoms with E-state index in [-0.39, 0.29) is 11.7 Å². The van der Waals surface area contributed by atoms with Crippen LogP contribution >= 0.6 is 39.1 Å². The molecule has 0 radical (unpaired) electrons. The Balaban J connectivity index is 3.16. The van der Waals surface area contributed by atoms with Crippen LogP contribution in [0.4, 0.5) is 0 Å². The second-order valence-electron chi connectivity index (χ2n) is 2.16. The molecule has 4 heteroatoms. The minimum atomic E-state index is -0.164. The molecule has 0 spiro atoms. The van der Waals surface area contributed by atoms with E-state index in [9.17, 15) is 4.79 Å². The molecule has 0 aromatic heterocycles. The summed E-state index contributed by atoms with van der Waals surface area (Å²) < 4.78 is 0.708. The molecule has 0 amide bonds. The maximum atomic E-state index is 11.1. The average molecular weight is 268 g/mol. The number of Topliss-reactive ketones (excluding diaryl/α,β-unsaturated/α-hetero) is 1. The standard InChI is InChI=1S/C8H5BrCl2O/c9-6-3-1-2-5(8(6)11)7(12)4-10/h1-3H,4H2. The van der Waals surface area contributed by atoms with E-state index in [0.29, 0.717) is 15.1 Å². The van der Waals surface area contributed by atoms with Crippen LogP contribution in [-0.4, -0.2) is 11.7 Å². The van der Waals surface area contributed by atoms with Crippen LogP contribution in [0.25, 0.3) is 0 Å². The number of hydrogen-bond donors (Lipinski definition) is 0. The summed E-state index contributed by atoms with van der Waals surface area (Å²) in [5, 5.41) is 0.420. The predicted molar refractivity (Wildman–Crippen MR) is 54.2 cm³/mol. The molecule has 0 saturated heterocycles. The Labute approximate surface area is 88.8 Å². The topological polar surface area (TPSA) is 17.1 Å². The molecular formula is C8H5BrCl2O. The smallest absolute Gasteiger partial charge is 0.179 e. The van der Waals surface area contributed by atoms with Crippen LogP contribution in [0.2, 0.25) is 5.02 Å². The second kappa shape index (κ2) is 4.26. The summed E-state index contributed by atoms with van der Waals surface area (Å²) in [6.07, 6.45) is 0. The van der Waals surface area contributed by atoms with Crippen LogP contribution in [0.1, 0.15) is 10.4 Å². The molecule has 12 heavy (non-hydrogen) atoms. The van der Waals surface area contributed by atoms with Gasteiger partial charge in [0.15, 0.2) is 5.78 Å². The molecule has 0 aliphatic rings. The van der Waals surface area contributed by atoms with Crippen molar-refractivity contribution in [1.82, 2.24) is 0 Å². The van der Waals surface area contributed by atoms with Gasteiger partial charge in [-0.2, -0.15) is 0 Å². The van der Waals surface area contributed by atoms with Gasteiger partial charge in [0, 0.05) is 10.0 Å². The highest BCUT2D eigenvalue weighted by Crippen LogP contribution is 2.26. The van der Waals surface area contributed by atoms with Crippen molar-refractivity contribution < 1.29 is 4.79 Å². The minimum Gasteiger partial charge on any atom is -0.293 e. The van der Waals surface area contributed by atoms with Gasteiger partial charge in [0.25, 0.3) is 0 Å². The quantitative estimate of drug-likeness (QED) is 0.592. The number of rotatable bonds is 2. The van der Waals surface area contributed by atoms with Crippen molar-refractivity contribution in [1.29, 1.82) is 0 Å². The van der Waals surface area contributed by atoms with E-state index >= 15 is 0 Å². The summed E-state index contributed by atoms with van der Waals surface area (Å²) in [6, 6.07) is 5.17. The zero-order chi connectivity index (χ0) is 9.14. The van der Waals surface area contributed by atoms with Gasteiger partial charge >= 0.3 is 0 Å². The Morgan fingerprint density at radius 2 is 2.17 bits per heavy atom. The molecule has 0 N–H and O–H groups in total. The first-order chi connectivity index (χ1) is 5.66. The maximum Gasteiger partial charge on any atom is 0.179 e. The van der Waals surface area contributed by atoms with E-state index in [2.05, 4.69) is 15.9 Å². The fraction of sp³-hybridized carbons (Fsp3) is 0.125. The molecule has 64 valence electrons. The van der Waals surface area contributed by atoms with Crippen LogP contribution in [0.5, 0.6) is 0 Å². The zero-order valence-electron chi connectivity index (χ0n) is 5.98. The molecule has 1 nitrogen and oxygen atoms in total. The van der Waals surface area contributed by atoms with Gasteiger partial charge in [-0.05, 0) is 28.1 Å². The van der Waals surface area contributed by atoms with Crippen LogP contribution in [0.3, 0.4) is 0 Å². The number of halogens is 3. The molecular weight excluding hydrogens is 263 g/mol. The van der Waals surface area contributed by atoms with E-state index in [1.807, 2.05) is 0 Å². The van der Waals surface area contributed by atoms with Crippen LogP contribution in [0.15, 0.2) is 22.7 Å². The summed E-state index contributed by atoms with van der Waals surface area (Å²) in [7, 11) is 0. The Morgan fingerprint density at radius 1 is 1.50 bits per heavy atom. The van der Waals surface area contributed by atoms with Gasteiger partial charge in [-0.15, -0.1) is 11.6 Å². The third-order valence-electron chi connectivity index (χ3n) is 1.37. The molecule has 0 unspecified atom stereocenters. The third kappa shape index (κ3) is 2.00. The zero-order valence-corrected chi connectivity index (χ0v) is 9.08. The number of ketones is 1. The number of benzene rings is 1. The van der Waals surface area contributed by atoms with Crippen molar-refractivity contribution >= 4 is 44.9 Å². The van der Waals surface area contributed by atoms with Crippen molar-refractivity contribution in [2.75, 3.05) is 5.88 Å². The van der Waals surface area contributed by atoms with E-state index in [0.717, 1.165) is 0 Å². The van der Waals surface area contributed by atoms with Gasteiger partial charge in [0.05, 0.1) is 10.9 Å². The molecule has 0 aliphatic heterocycles. The highest BCUT2D eigenvalue weighted by Gasteiger charge is 2.10. The van der Waals surface area contributed by atoms with Gasteiger partial charge < -0.3 is 0 Å². The first-order valence-electron chi connectivity index (χ1n) is 3.20. The minimum absolute atomic E-state index is 0.0455. The van der Waals surface area contributed by atoms with Crippen molar-refractivity contribution in [3.63, 3.8) is 0 Å². The summed E-state index contributed by atoms with van der Waals surface area (Å²) >= 11 is 14.4. The lowest BCUT2D eigenvalue weighted by atomic mass is 10.1. The van der Waals surface area contributed by atoms with Crippen LogP contribution in [0, 0.1) is 0 Å². The second-order valence-corrected chi connectivity index (χ2v) is 3.66. The predicted octanol–water partition coefficient (Wildman–Crippen LogP) is 3.52. The molecule has 1 rings (SSSR count). The van der Waals surface area contributed by atoms with E-state index < -0.39 is 0 Å². The van der Waals surface area contributed by atoms with Crippen LogP contribution < -0.4 is 0 Å². The molecule has 0 saturated carbocycles. The molecule has 1 aromatic rings. The Hall–Kier alpha value is -0.0500. The Morgan fingerprint density at radius 3 is 2.75 bits per heavy atom. The highest BCUT2D eigenvalue weighted by molar-refractivity contribution is 9.10. The van der Waals surface area contributed by atoms with Gasteiger partial charge in [0.1, 0.15) is 0 Å². The van der Waals surface area contributed by atoms with E-state index in [1.165, 1.54) is 0 Å². The SMILES string of the molecule is O=C(CCl)c1cccc(Br)c1Cl. The lowest BCUT2D eigenvalue weighted by Gasteiger charge is -2.01. The molecule has 0 bridgehead atoms. The van der Waals surface area contributed by atoms with Gasteiger partial charge in [-0.3, -0.25) is 4.79 Å². The lowest BCUT2D eigenvalue weighted by molar-refractivity contribution is 0.102. The van der Waals surface area contributed by atoms with Gasteiger partial charge in [-0.25, -0.2) is 0 Å². The summed E-state index contributed by atoms with van der Waals surface area (Å²) in [5.74, 6) is -0.209. The molecule has 0 fully saturated rings. The average Bonchev–Trinajstić information content (AvgIpc) is 2.08. The van der Waals surface area contributed by atoms with Crippen molar-refractivity contribution in [2.45, 2.75) is 0 Å².